The summed E-state index contributed by atoms with van der Waals surface area (Å²) >= 11 is 0. The minimum atomic E-state index is -0.808. The highest BCUT2D eigenvalue weighted by molar-refractivity contribution is 5.87. The van der Waals surface area contributed by atoms with Gasteiger partial charge in [-0.2, -0.15) is 5.10 Å². The molecular formula is C21H28ClN5O3. The second-order valence-electron chi connectivity index (χ2n) is 6.44. The van der Waals surface area contributed by atoms with Crippen molar-refractivity contribution in [2.75, 3.05) is 19.7 Å². The Morgan fingerprint density at radius 2 is 1.73 bits per heavy atom. The summed E-state index contributed by atoms with van der Waals surface area (Å²) in [5, 5.41) is 21.2. The molecule has 0 bridgehead atoms. The molecule has 0 fully saturated rings. The summed E-state index contributed by atoms with van der Waals surface area (Å²) in [5.74, 6) is 4.40. The Bertz CT molecular complexity index is 800. The monoisotopic (exact) mass is 433 g/mol. The topological polar surface area (TPSA) is 129 Å². The van der Waals surface area contributed by atoms with E-state index in [1.165, 1.54) is 6.21 Å². The van der Waals surface area contributed by atoms with Gasteiger partial charge in [0.1, 0.15) is 6.04 Å². The Kier molecular flexibility index (Phi) is 11.8. The standard InChI is InChI=1S/C21H27N5O3.ClH/c22-26-13-18-8-6-17(7-9-18)12-24-19(15-27)21(29)25-14-20(28)23-11-10-16-4-2-1-3-5-16;/h1-9,13,19,24,27H,10-12,14-15,22H2,(H,23,28)(H,25,29);1H. The van der Waals surface area contributed by atoms with Crippen molar-refractivity contribution in [2.45, 2.75) is 19.0 Å². The molecule has 1 unspecified atom stereocenters. The van der Waals surface area contributed by atoms with Crippen LogP contribution in [0.25, 0.3) is 0 Å². The highest BCUT2D eigenvalue weighted by Gasteiger charge is 2.17. The number of hydrogen-bond donors (Lipinski definition) is 5. The summed E-state index contributed by atoms with van der Waals surface area (Å²) in [6.45, 7) is 0.367. The predicted octanol–water partition coefficient (Wildman–Crippen LogP) is 0.327. The molecule has 0 spiro atoms. The number of rotatable bonds is 11. The van der Waals surface area contributed by atoms with Crippen LogP contribution in [-0.2, 0) is 22.6 Å². The van der Waals surface area contributed by atoms with Gasteiger partial charge >= 0.3 is 0 Å². The normalized spacial score (nSPS) is 11.5. The van der Waals surface area contributed by atoms with Gasteiger partial charge in [0.2, 0.25) is 11.8 Å². The van der Waals surface area contributed by atoms with Crippen molar-refractivity contribution in [2.24, 2.45) is 10.9 Å². The van der Waals surface area contributed by atoms with E-state index >= 15 is 0 Å². The van der Waals surface area contributed by atoms with Crippen LogP contribution in [0, 0.1) is 0 Å². The number of halogens is 1. The van der Waals surface area contributed by atoms with Gasteiger partial charge < -0.3 is 21.6 Å². The van der Waals surface area contributed by atoms with Crippen LogP contribution in [-0.4, -0.2) is 48.9 Å². The van der Waals surface area contributed by atoms with E-state index in [1.54, 1.807) is 0 Å². The first-order valence-corrected chi connectivity index (χ1v) is 9.37. The number of hydrazone groups is 1. The quantitative estimate of drug-likeness (QED) is 0.198. The SMILES string of the molecule is Cl.NN=Cc1ccc(CNC(CO)C(=O)NCC(=O)NCCc2ccccc2)cc1. The Labute approximate surface area is 182 Å². The third-order valence-corrected chi connectivity index (χ3v) is 4.26. The number of carbonyl (C=O) groups is 2. The average Bonchev–Trinajstić information content (AvgIpc) is 2.75. The van der Waals surface area contributed by atoms with Crippen LogP contribution in [0.4, 0.5) is 0 Å². The van der Waals surface area contributed by atoms with Crippen molar-refractivity contribution < 1.29 is 14.7 Å². The maximum atomic E-state index is 12.2. The van der Waals surface area contributed by atoms with Crippen LogP contribution in [0.2, 0.25) is 0 Å². The minimum absolute atomic E-state index is 0. The predicted molar refractivity (Wildman–Crippen MR) is 119 cm³/mol. The first-order valence-electron chi connectivity index (χ1n) is 9.37. The van der Waals surface area contributed by atoms with Gasteiger partial charge in [-0.25, -0.2) is 0 Å². The van der Waals surface area contributed by atoms with Crippen LogP contribution in [0.15, 0.2) is 59.7 Å². The Hall–Kier alpha value is -2.94. The van der Waals surface area contributed by atoms with E-state index in [-0.39, 0.29) is 31.5 Å². The highest BCUT2D eigenvalue weighted by Crippen LogP contribution is 2.03. The van der Waals surface area contributed by atoms with Gasteiger partial charge in [-0.1, -0.05) is 54.6 Å². The molecule has 6 N–H and O–H groups in total. The number of benzene rings is 2. The molecule has 9 heteroatoms. The number of amides is 2. The van der Waals surface area contributed by atoms with E-state index < -0.39 is 11.9 Å². The molecule has 0 radical (unpaired) electrons. The summed E-state index contributed by atoms with van der Waals surface area (Å²) in [6, 6.07) is 16.4. The van der Waals surface area contributed by atoms with E-state index in [9.17, 15) is 14.7 Å². The second-order valence-corrected chi connectivity index (χ2v) is 6.44. The summed E-state index contributed by atoms with van der Waals surface area (Å²) < 4.78 is 0. The molecule has 0 heterocycles. The number of aliphatic hydroxyl groups is 1. The van der Waals surface area contributed by atoms with Crippen molar-refractivity contribution >= 4 is 30.4 Å². The molecule has 2 aromatic rings. The molecule has 8 nitrogen and oxygen atoms in total. The average molecular weight is 434 g/mol. The Morgan fingerprint density at radius 1 is 1.03 bits per heavy atom. The molecule has 0 aliphatic carbocycles. The largest absolute Gasteiger partial charge is 0.394 e. The first-order chi connectivity index (χ1) is 14.1. The minimum Gasteiger partial charge on any atom is -0.394 e. The van der Waals surface area contributed by atoms with Crippen molar-refractivity contribution in [3.8, 4) is 0 Å². The van der Waals surface area contributed by atoms with Crippen LogP contribution in [0.5, 0.6) is 0 Å². The fourth-order valence-electron chi connectivity index (χ4n) is 2.63. The lowest BCUT2D eigenvalue weighted by molar-refractivity contribution is -0.128. The van der Waals surface area contributed by atoms with Crippen molar-refractivity contribution in [3.63, 3.8) is 0 Å². The van der Waals surface area contributed by atoms with Crippen LogP contribution >= 0.6 is 12.4 Å². The number of aliphatic hydroxyl groups excluding tert-OH is 1. The number of nitrogens with two attached hydrogens (primary N) is 1. The molecule has 0 aliphatic rings. The summed E-state index contributed by atoms with van der Waals surface area (Å²) in [5.41, 5.74) is 2.93. The van der Waals surface area contributed by atoms with Crippen molar-refractivity contribution in [3.05, 3.63) is 71.3 Å². The maximum Gasteiger partial charge on any atom is 0.239 e. The molecule has 2 amide bonds. The van der Waals surface area contributed by atoms with Gasteiger partial charge in [-0.15, -0.1) is 12.4 Å². The van der Waals surface area contributed by atoms with Crippen LogP contribution in [0.1, 0.15) is 16.7 Å². The van der Waals surface area contributed by atoms with Crippen LogP contribution < -0.4 is 21.8 Å². The summed E-state index contributed by atoms with van der Waals surface area (Å²) in [6.07, 6.45) is 2.25. The van der Waals surface area contributed by atoms with Crippen molar-refractivity contribution in [1.29, 1.82) is 0 Å². The lowest BCUT2D eigenvalue weighted by Gasteiger charge is -2.16. The molecule has 162 valence electrons. The van der Waals surface area contributed by atoms with E-state index in [0.29, 0.717) is 13.1 Å². The zero-order valence-corrected chi connectivity index (χ0v) is 17.4. The molecule has 2 rings (SSSR count). The van der Waals surface area contributed by atoms with Gasteiger partial charge in [0.25, 0.3) is 0 Å². The smallest absolute Gasteiger partial charge is 0.239 e. The van der Waals surface area contributed by atoms with E-state index in [0.717, 1.165) is 23.1 Å². The van der Waals surface area contributed by atoms with E-state index in [4.69, 9.17) is 5.84 Å². The molecule has 30 heavy (non-hydrogen) atoms. The zero-order valence-electron chi connectivity index (χ0n) is 16.6. The molecule has 0 saturated carbocycles. The van der Waals surface area contributed by atoms with Gasteiger partial charge in [0.15, 0.2) is 0 Å². The number of hydrogen-bond acceptors (Lipinski definition) is 6. The van der Waals surface area contributed by atoms with Gasteiger partial charge in [-0.05, 0) is 23.1 Å². The first kappa shape index (κ1) is 25.1. The van der Waals surface area contributed by atoms with Crippen molar-refractivity contribution in [1.82, 2.24) is 16.0 Å². The van der Waals surface area contributed by atoms with Gasteiger partial charge in [-0.3, -0.25) is 14.9 Å². The lowest BCUT2D eigenvalue weighted by atomic mass is 10.1. The molecule has 0 saturated heterocycles. The fourth-order valence-corrected chi connectivity index (χ4v) is 2.63. The van der Waals surface area contributed by atoms with E-state index in [2.05, 4.69) is 21.1 Å². The van der Waals surface area contributed by atoms with Gasteiger partial charge in [0, 0.05) is 13.1 Å². The molecular weight excluding hydrogens is 406 g/mol. The Morgan fingerprint density at radius 3 is 2.37 bits per heavy atom. The highest BCUT2D eigenvalue weighted by atomic mass is 35.5. The third-order valence-electron chi connectivity index (χ3n) is 4.26. The third kappa shape index (κ3) is 9.04. The van der Waals surface area contributed by atoms with E-state index in [1.807, 2.05) is 54.6 Å². The fraction of sp³-hybridized carbons (Fsp3) is 0.286. The maximum absolute atomic E-state index is 12.2. The molecule has 2 aromatic carbocycles. The summed E-state index contributed by atoms with van der Waals surface area (Å²) in [7, 11) is 0. The number of carbonyl (C=O) groups excluding carboxylic acids is 2. The molecule has 0 aromatic heterocycles. The zero-order chi connectivity index (χ0) is 20.9. The summed E-state index contributed by atoms with van der Waals surface area (Å²) in [4.78, 5) is 24.1. The number of nitrogens with one attached hydrogen (secondary N) is 3. The number of nitrogens with zero attached hydrogens (tertiary/aromatic N) is 1. The Balaban J connectivity index is 0.00000450. The van der Waals surface area contributed by atoms with Gasteiger partial charge in [0.05, 0.1) is 19.4 Å². The van der Waals surface area contributed by atoms with Crippen LogP contribution in [0.3, 0.4) is 0 Å². The molecule has 1 atom stereocenters. The lowest BCUT2D eigenvalue weighted by Crippen LogP contribution is -2.48. The second kappa shape index (κ2) is 14.1. The molecule has 0 aliphatic heterocycles.